The Kier molecular flexibility index (Phi) is 1.72. The average Bonchev–Trinajstić information content (AvgIpc) is 2.15. The van der Waals surface area contributed by atoms with Crippen molar-refractivity contribution in [2.45, 2.75) is 6.92 Å². The van der Waals surface area contributed by atoms with Gasteiger partial charge in [0.2, 0.25) is 0 Å². The topological polar surface area (TPSA) is 12.9 Å². The van der Waals surface area contributed by atoms with Gasteiger partial charge < -0.3 is 0 Å². The van der Waals surface area contributed by atoms with Gasteiger partial charge in [0.05, 0.1) is 0 Å². The number of rotatable bonds is 0. The predicted molar refractivity (Wildman–Crippen MR) is 46.4 cm³/mol. The first-order chi connectivity index (χ1) is 6.20. The number of hydrogen-bond acceptors (Lipinski definition) is 1. The highest BCUT2D eigenvalue weighted by Crippen LogP contribution is 2.22. The maximum atomic E-state index is 13.1. The zero-order valence-electron chi connectivity index (χ0n) is 7.01. The second-order valence-electron chi connectivity index (χ2n) is 2.89. The summed E-state index contributed by atoms with van der Waals surface area (Å²) in [5.74, 6) is -1.60. The van der Waals surface area contributed by atoms with Crippen molar-refractivity contribution in [2.75, 3.05) is 0 Å². The number of benzene rings is 1. The van der Waals surface area contributed by atoms with Gasteiger partial charge in [-0.05, 0) is 30.0 Å². The first-order valence-electron chi connectivity index (χ1n) is 3.88. The quantitative estimate of drug-likeness (QED) is 0.606. The van der Waals surface area contributed by atoms with Crippen LogP contribution < -0.4 is 0 Å². The van der Waals surface area contributed by atoms with Crippen LogP contribution in [0.4, 0.5) is 8.78 Å². The molecule has 0 atom stereocenters. The molecule has 0 aliphatic rings. The molecule has 0 aliphatic heterocycles. The van der Waals surface area contributed by atoms with Gasteiger partial charge in [0.15, 0.2) is 11.6 Å². The van der Waals surface area contributed by atoms with Crippen LogP contribution in [0.1, 0.15) is 5.56 Å². The lowest BCUT2D eigenvalue weighted by Gasteiger charge is -2.03. The number of nitrogens with zero attached hydrogens (tertiary/aromatic N) is 1. The highest BCUT2D eigenvalue weighted by Gasteiger charge is 2.08. The monoisotopic (exact) mass is 179 g/mol. The highest BCUT2D eigenvalue weighted by atomic mass is 19.2. The van der Waals surface area contributed by atoms with Crippen LogP contribution in [0.25, 0.3) is 10.8 Å². The standard InChI is InChI=1S/C10H7F2N/c1-6-8-5-13-3-2-7(8)4-9(11)10(6)12/h2-5H,1H3. The molecule has 0 spiro atoms. The fourth-order valence-electron chi connectivity index (χ4n) is 1.34. The first kappa shape index (κ1) is 8.10. The van der Waals surface area contributed by atoms with E-state index in [1.165, 1.54) is 12.3 Å². The molecule has 0 N–H and O–H groups in total. The highest BCUT2D eigenvalue weighted by molar-refractivity contribution is 5.84. The summed E-state index contributed by atoms with van der Waals surface area (Å²) in [7, 11) is 0. The second kappa shape index (κ2) is 2.76. The largest absolute Gasteiger partial charge is 0.264 e. The van der Waals surface area contributed by atoms with E-state index < -0.39 is 11.6 Å². The van der Waals surface area contributed by atoms with Gasteiger partial charge in [-0.2, -0.15) is 0 Å². The minimum atomic E-state index is -0.809. The summed E-state index contributed by atoms with van der Waals surface area (Å²) in [5.41, 5.74) is 0.308. The van der Waals surface area contributed by atoms with Gasteiger partial charge >= 0.3 is 0 Å². The molecule has 0 aliphatic carbocycles. The number of aryl methyl sites for hydroxylation is 1. The molecule has 1 aromatic heterocycles. The van der Waals surface area contributed by atoms with Crippen molar-refractivity contribution < 1.29 is 8.78 Å². The summed E-state index contributed by atoms with van der Waals surface area (Å²) in [5, 5.41) is 1.33. The third-order valence-electron chi connectivity index (χ3n) is 2.08. The van der Waals surface area contributed by atoms with Crippen molar-refractivity contribution in [3.8, 4) is 0 Å². The maximum absolute atomic E-state index is 13.1. The summed E-state index contributed by atoms with van der Waals surface area (Å²) in [6, 6.07) is 2.84. The summed E-state index contributed by atoms with van der Waals surface area (Å²) >= 11 is 0. The number of aromatic nitrogens is 1. The van der Waals surface area contributed by atoms with E-state index >= 15 is 0 Å². The van der Waals surface area contributed by atoms with Crippen LogP contribution in [0.15, 0.2) is 24.5 Å². The van der Waals surface area contributed by atoms with Crippen molar-refractivity contribution in [1.29, 1.82) is 0 Å². The van der Waals surface area contributed by atoms with E-state index in [1.807, 2.05) is 0 Å². The van der Waals surface area contributed by atoms with E-state index in [-0.39, 0.29) is 0 Å². The Morgan fingerprint density at radius 1 is 1.31 bits per heavy atom. The van der Waals surface area contributed by atoms with Crippen LogP contribution in [-0.4, -0.2) is 4.98 Å². The van der Waals surface area contributed by atoms with Crippen LogP contribution in [0, 0.1) is 18.6 Å². The van der Waals surface area contributed by atoms with Crippen LogP contribution in [-0.2, 0) is 0 Å². The molecule has 1 nitrogen and oxygen atoms in total. The van der Waals surface area contributed by atoms with Gasteiger partial charge in [-0.15, -0.1) is 0 Å². The van der Waals surface area contributed by atoms with Crippen molar-refractivity contribution >= 4 is 10.8 Å². The summed E-state index contributed by atoms with van der Waals surface area (Å²) in [6.45, 7) is 1.54. The third kappa shape index (κ3) is 1.16. The van der Waals surface area contributed by atoms with Crippen molar-refractivity contribution in [3.63, 3.8) is 0 Å². The molecule has 0 saturated heterocycles. The molecule has 3 heteroatoms. The smallest absolute Gasteiger partial charge is 0.162 e. The molecule has 2 rings (SSSR count). The van der Waals surface area contributed by atoms with Crippen molar-refractivity contribution in [3.05, 3.63) is 41.7 Å². The maximum Gasteiger partial charge on any atom is 0.162 e. The molecule has 1 aromatic carbocycles. The number of fused-ring (bicyclic) bond motifs is 1. The van der Waals surface area contributed by atoms with Crippen molar-refractivity contribution in [1.82, 2.24) is 4.98 Å². The molecule has 0 unspecified atom stereocenters. The Hall–Kier alpha value is -1.51. The van der Waals surface area contributed by atoms with E-state index in [0.29, 0.717) is 16.3 Å². The lowest BCUT2D eigenvalue weighted by atomic mass is 10.1. The summed E-state index contributed by atoms with van der Waals surface area (Å²) in [6.07, 6.45) is 3.09. The van der Waals surface area contributed by atoms with Crippen LogP contribution in [0.5, 0.6) is 0 Å². The number of pyridine rings is 1. The molecule has 0 fully saturated rings. The molecular formula is C10H7F2N. The molecule has 0 saturated carbocycles. The molecule has 0 bridgehead atoms. The van der Waals surface area contributed by atoms with E-state index in [4.69, 9.17) is 0 Å². The van der Waals surface area contributed by atoms with Gasteiger partial charge in [-0.25, -0.2) is 8.78 Å². The second-order valence-corrected chi connectivity index (χ2v) is 2.89. The summed E-state index contributed by atoms with van der Waals surface area (Å²) < 4.78 is 26.0. The van der Waals surface area contributed by atoms with E-state index in [9.17, 15) is 8.78 Å². The van der Waals surface area contributed by atoms with Gasteiger partial charge in [-0.3, -0.25) is 4.98 Å². The summed E-state index contributed by atoms with van der Waals surface area (Å²) in [4.78, 5) is 3.86. The van der Waals surface area contributed by atoms with E-state index in [0.717, 1.165) is 0 Å². The Labute approximate surface area is 74.0 Å². The Bertz CT molecular complexity index is 466. The Morgan fingerprint density at radius 2 is 2.08 bits per heavy atom. The Morgan fingerprint density at radius 3 is 2.85 bits per heavy atom. The zero-order chi connectivity index (χ0) is 9.42. The van der Waals surface area contributed by atoms with Crippen LogP contribution in [0.3, 0.4) is 0 Å². The molecule has 2 aromatic rings. The molecule has 66 valence electrons. The molecular weight excluding hydrogens is 172 g/mol. The SMILES string of the molecule is Cc1c(F)c(F)cc2ccncc12. The molecule has 1 heterocycles. The van der Waals surface area contributed by atoms with Gasteiger partial charge in [-0.1, -0.05) is 0 Å². The molecule has 13 heavy (non-hydrogen) atoms. The van der Waals surface area contributed by atoms with Gasteiger partial charge in [0.25, 0.3) is 0 Å². The zero-order valence-corrected chi connectivity index (χ0v) is 7.01. The fraction of sp³-hybridized carbons (Fsp3) is 0.100. The third-order valence-corrected chi connectivity index (χ3v) is 2.08. The van der Waals surface area contributed by atoms with Crippen LogP contribution >= 0.6 is 0 Å². The van der Waals surface area contributed by atoms with E-state index in [1.54, 1.807) is 19.2 Å². The van der Waals surface area contributed by atoms with Gasteiger partial charge in [0.1, 0.15) is 0 Å². The average molecular weight is 179 g/mol. The predicted octanol–water partition coefficient (Wildman–Crippen LogP) is 2.82. The lowest BCUT2D eigenvalue weighted by Crippen LogP contribution is -1.91. The van der Waals surface area contributed by atoms with Gasteiger partial charge in [0, 0.05) is 17.8 Å². The Balaban J connectivity index is 2.94. The van der Waals surface area contributed by atoms with Crippen LogP contribution in [0.2, 0.25) is 0 Å². The first-order valence-corrected chi connectivity index (χ1v) is 3.88. The molecule has 0 amide bonds. The minimum Gasteiger partial charge on any atom is -0.264 e. The van der Waals surface area contributed by atoms with E-state index in [2.05, 4.69) is 4.98 Å². The fourth-order valence-corrected chi connectivity index (χ4v) is 1.34. The minimum absolute atomic E-state index is 0.308. The van der Waals surface area contributed by atoms with Crippen molar-refractivity contribution in [2.24, 2.45) is 0 Å². The normalized spacial score (nSPS) is 10.7. The number of hydrogen-bond donors (Lipinski definition) is 0. The number of halogens is 2. The lowest BCUT2D eigenvalue weighted by molar-refractivity contribution is 0.506. The molecule has 0 radical (unpaired) electrons.